The summed E-state index contributed by atoms with van der Waals surface area (Å²) in [5.41, 5.74) is 0.708. The lowest BCUT2D eigenvalue weighted by molar-refractivity contribution is 0.440. The van der Waals surface area contributed by atoms with Gasteiger partial charge in [-0.3, -0.25) is 4.98 Å². The van der Waals surface area contributed by atoms with Gasteiger partial charge in [0.1, 0.15) is 5.82 Å². The van der Waals surface area contributed by atoms with Gasteiger partial charge in [-0.05, 0) is 42.8 Å². The molecule has 1 aliphatic heterocycles. The largest absolute Gasteiger partial charge is 0.420 e. The van der Waals surface area contributed by atoms with Gasteiger partial charge in [-0.15, -0.1) is 10.2 Å². The smallest absolute Gasteiger partial charge is 0.249 e. The van der Waals surface area contributed by atoms with Crippen LogP contribution in [0.5, 0.6) is 0 Å². The first-order valence-electron chi connectivity index (χ1n) is 8.03. The van der Waals surface area contributed by atoms with Gasteiger partial charge in [0, 0.05) is 25.5 Å². The molecule has 0 bridgehead atoms. The predicted octanol–water partition coefficient (Wildman–Crippen LogP) is 2.45. The molecule has 1 atom stereocenters. The standard InChI is InChI=1S/C17H15FN4O3S/c18-14-3-5-15(6-4-14)26(23,24)22-9-7-13(11-22)17-21-20-16(25-17)12-2-1-8-19-10-12/h1-6,8,10,13H,7,9,11H2. The zero-order valence-electron chi connectivity index (χ0n) is 13.6. The van der Waals surface area contributed by atoms with Crippen LogP contribution in [0.3, 0.4) is 0 Å². The van der Waals surface area contributed by atoms with Crippen molar-refractivity contribution in [1.82, 2.24) is 19.5 Å². The average Bonchev–Trinajstić information content (AvgIpc) is 3.33. The number of aromatic nitrogens is 3. The van der Waals surface area contributed by atoms with Crippen LogP contribution in [0.2, 0.25) is 0 Å². The molecule has 1 aliphatic rings. The van der Waals surface area contributed by atoms with E-state index in [4.69, 9.17) is 4.42 Å². The van der Waals surface area contributed by atoms with Crippen molar-refractivity contribution in [3.05, 3.63) is 60.5 Å². The first-order chi connectivity index (χ1) is 12.5. The molecular weight excluding hydrogens is 359 g/mol. The summed E-state index contributed by atoms with van der Waals surface area (Å²) in [5, 5.41) is 8.08. The van der Waals surface area contributed by atoms with Crippen LogP contribution in [0.1, 0.15) is 18.2 Å². The van der Waals surface area contributed by atoms with Crippen LogP contribution in [-0.2, 0) is 10.0 Å². The van der Waals surface area contributed by atoms with Crippen LogP contribution in [0, 0.1) is 5.82 Å². The Bertz CT molecular complexity index is 1010. The Morgan fingerprint density at radius 1 is 1.15 bits per heavy atom. The Balaban J connectivity index is 1.52. The second kappa shape index (κ2) is 6.58. The summed E-state index contributed by atoms with van der Waals surface area (Å²) >= 11 is 0. The molecule has 3 aromatic rings. The molecular formula is C17H15FN4O3S. The third kappa shape index (κ3) is 3.11. The summed E-state index contributed by atoms with van der Waals surface area (Å²) in [6.07, 6.45) is 3.85. The molecule has 0 amide bonds. The first-order valence-corrected chi connectivity index (χ1v) is 9.47. The van der Waals surface area contributed by atoms with Crippen LogP contribution in [0.25, 0.3) is 11.5 Å². The molecule has 1 saturated heterocycles. The van der Waals surface area contributed by atoms with Crippen molar-refractivity contribution in [1.29, 1.82) is 0 Å². The maximum Gasteiger partial charge on any atom is 0.249 e. The Hall–Kier alpha value is -2.65. The lowest BCUT2D eigenvalue weighted by Crippen LogP contribution is -2.28. The van der Waals surface area contributed by atoms with E-state index in [1.54, 1.807) is 18.5 Å². The van der Waals surface area contributed by atoms with E-state index in [2.05, 4.69) is 15.2 Å². The lowest BCUT2D eigenvalue weighted by Gasteiger charge is -2.15. The summed E-state index contributed by atoms with van der Waals surface area (Å²) in [6, 6.07) is 8.39. The number of sulfonamides is 1. The number of pyridine rings is 1. The normalized spacial score (nSPS) is 18.3. The van der Waals surface area contributed by atoms with Gasteiger partial charge in [-0.1, -0.05) is 0 Å². The van der Waals surface area contributed by atoms with E-state index in [0.717, 1.165) is 12.1 Å². The Labute approximate surface area is 149 Å². The fourth-order valence-corrected chi connectivity index (χ4v) is 4.41. The van der Waals surface area contributed by atoms with Crippen molar-refractivity contribution in [2.45, 2.75) is 17.2 Å². The van der Waals surface area contributed by atoms with Crippen molar-refractivity contribution in [3.8, 4) is 11.5 Å². The Kier molecular flexibility index (Phi) is 4.25. The predicted molar refractivity (Wildman–Crippen MR) is 90.0 cm³/mol. The first kappa shape index (κ1) is 16.8. The molecule has 26 heavy (non-hydrogen) atoms. The number of nitrogens with zero attached hydrogens (tertiary/aromatic N) is 4. The van der Waals surface area contributed by atoms with E-state index in [1.807, 2.05) is 6.07 Å². The summed E-state index contributed by atoms with van der Waals surface area (Å²) in [6.45, 7) is 0.587. The Morgan fingerprint density at radius 2 is 1.96 bits per heavy atom. The molecule has 3 heterocycles. The van der Waals surface area contributed by atoms with Gasteiger partial charge in [0.05, 0.1) is 16.4 Å². The highest BCUT2D eigenvalue weighted by Crippen LogP contribution is 2.31. The minimum atomic E-state index is -3.67. The van der Waals surface area contributed by atoms with Gasteiger partial charge in [0.2, 0.25) is 21.8 Å². The highest BCUT2D eigenvalue weighted by molar-refractivity contribution is 7.89. The SMILES string of the molecule is O=S(=O)(c1ccc(F)cc1)N1CCC(c2nnc(-c3cccnc3)o2)C1. The van der Waals surface area contributed by atoms with Crippen LogP contribution < -0.4 is 0 Å². The van der Waals surface area contributed by atoms with Gasteiger partial charge in [-0.25, -0.2) is 12.8 Å². The van der Waals surface area contributed by atoms with E-state index in [9.17, 15) is 12.8 Å². The molecule has 1 unspecified atom stereocenters. The molecule has 0 radical (unpaired) electrons. The minimum absolute atomic E-state index is 0.0705. The molecule has 2 aromatic heterocycles. The van der Waals surface area contributed by atoms with E-state index in [1.165, 1.54) is 16.4 Å². The second-order valence-electron chi connectivity index (χ2n) is 5.99. The number of rotatable bonds is 4. The molecule has 0 spiro atoms. The van der Waals surface area contributed by atoms with E-state index >= 15 is 0 Å². The molecule has 9 heteroatoms. The van der Waals surface area contributed by atoms with Gasteiger partial charge in [-0.2, -0.15) is 4.31 Å². The summed E-state index contributed by atoms with van der Waals surface area (Å²) in [5.74, 6) is 0.105. The highest BCUT2D eigenvalue weighted by atomic mass is 32.2. The number of halogens is 1. The monoisotopic (exact) mass is 374 g/mol. The number of benzene rings is 1. The molecule has 4 rings (SSSR count). The van der Waals surface area contributed by atoms with Crippen molar-refractivity contribution < 1.29 is 17.2 Å². The second-order valence-corrected chi connectivity index (χ2v) is 7.93. The van der Waals surface area contributed by atoms with Gasteiger partial charge in [0.15, 0.2) is 0 Å². The maximum absolute atomic E-state index is 13.0. The molecule has 0 saturated carbocycles. The molecule has 7 nitrogen and oxygen atoms in total. The number of hydrogen-bond acceptors (Lipinski definition) is 6. The fraction of sp³-hybridized carbons (Fsp3) is 0.235. The topological polar surface area (TPSA) is 89.2 Å². The molecule has 0 aliphatic carbocycles. The zero-order chi connectivity index (χ0) is 18.1. The van der Waals surface area contributed by atoms with E-state index in [-0.39, 0.29) is 17.4 Å². The van der Waals surface area contributed by atoms with Crippen molar-refractivity contribution in [3.63, 3.8) is 0 Å². The van der Waals surface area contributed by atoms with E-state index < -0.39 is 15.8 Å². The maximum atomic E-state index is 13.0. The zero-order valence-corrected chi connectivity index (χ0v) is 14.4. The fourth-order valence-electron chi connectivity index (χ4n) is 2.91. The van der Waals surface area contributed by atoms with Crippen LogP contribution in [0.15, 0.2) is 58.1 Å². The lowest BCUT2D eigenvalue weighted by atomic mass is 10.1. The van der Waals surface area contributed by atoms with Crippen LogP contribution in [0.4, 0.5) is 4.39 Å². The molecule has 1 fully saturated rings. The average molecular weight is 374 g/mol. The molecule has 0 N–H and O–H groups in total. The van der Waals surface area contributed by atoms with Crippen molar-refractivity contribution >= 4 is 10.0 Å². The number of hydrogen-bond donors (Lipinski definition) is 0. The van der Waals surface area contributed by atoms with Gasteiger partial charge in [0.25, 0.3) is 0 Å². The third-order valence-electron chi connectivity index (χ3n) is 4.30. The third-order valence-corrected chi connectivity index (χ3v) is 6.18. The van der Waals surface area contributed by atoms with Crippen LogP contribution >= 0.6 is 0 Å². The molecule has 1 aromatic carbocycles. The van der Waals surface area contributed by atoms with Gasteiger partial charge >= 0.3 is 0 Å². The summed E-state index contributed by atoms with van der Waals surface area (Å²) in [7, 11) is -3.67. The quantitative estimate of drug-likeness (QED) is 0.697. The minimum Gasteiger partial charge on any atom is -0.420 e. The Morgan fingerprint density at radius 3 is 2.69 bits per heavy atom. The van der Waals surface area contributed by atoms with E-state index in [0.29, 0.717) is 30.3 Å². The van der Waals surface area contributed by atoms with Gasteiger partial charge < -0.3 is 4.42 Å². The summed E-state index contributed by atoms with van der Waals surface area (Å²) < 4.78 is 45.5. The van der Waals surface area contributed by atoms with Crippen LogP contribution in [-0.4, -0.2) is 41.0 Å². The summed E-state index contributed by atoms with van der Waals surface area (Å²) in [4.78, 5) is 4.08. The van der Waals surface area contributed by atoms with Crippen molar-refractivity contribution in [2.75, 3.05) is 13.1 Å². The molecule has 134 valence electrons. The highest BCUT2D eigenvalue weighted by Gasteiger charge is 2.35. The van der Waals surface area contributed by atoms with Crippen molar-refractivity contribution in [2.24, 2.45) is 0 Å².